The lowest BCUT2D eigenvalue weighted by molar-refractivity contribution is 0.120. The molecule has 159 valence electrons. The molecule has 2 fully saturated rings. The summed E-state index contributed by atoms with van der Waals surface area (Å²) in [6.45, 7) is 12.8. The van der Waals surface area contributed by atoms with Crippen LogP contribution in [0.4, 0.5) is 0 Å². The predicted octanol–water partition coefficient (Wildman–Crippen LogP) is 6.70. The molecule has 0 saturated heterocycles. The second kappa shape index (κ2) is 9.42. The Morgan fingerprint density at radius 2 is 1.44 bits per heavy atom. The number of hydrogen-bond donors (Lipinski definition) is 0. The minimum Gasteiger partial charge on any atom is -0.377 e. The van der Waals surface area contributed by atoms with Crippen molar-refractivity contribution in [1.82, 2.24) is 0 Å². The Labute approximate surface area is 171 Å². The van der Waals surface area contributed by atoms with E-state index in [0.717, 1.165) is 23.4 Å². The molecule has 2 aliphatic rings. The van der Waals surface area contributed by atoms with Crippen LogP contribution in [0.3, 0.4) is 0 Å². The van der Waals surface area contributed by atoms with E-state index in [4.69, 9.17) is 13.3 Å². The fourth-order valence-electron chi connectivity index (χ4n) is 5.51. The maximum atomic E-state index is 5.61. The molecule has 1 radical (unpaired) electrons. The van der Waals surface area contributed by atoms with Gasteiger partial charge >= 0.3 is 8.80 Å². The Morgan fingerprint density at radius 3 is 1.93 bits per heavy atom. The molecule has 0 aromatic carbocycles. The highest BCUT2D eigenvalue weighted by atomic mass is 28.4. The van der Waals surface area contributed by atoms with Crippen LogP contribution in [-0.4, -0.2) is 38.2 Å². The second-order valence-corrected chi connectivity index (χ2v) is 19.3. The molecule has 5 heteroatoms. The Morgan fingerprint density at radius 1 is 0.889 bits per heavy atom. The molecule has 0 spiro atoms. The van der Waals surface area contributed by atoms with Gasteiger partial charge in [0.1, 0.15) is 0 Å². The van der Waals surface area contributed by atoms with Crippen molar-refractivity contribution in [2.75, 3.05) is 21.3 Å². The summed E-state index contributed by atoms with van der Waals surface area (Å²) in [5.74, 6) is 3.67. The third kappa shape index (κ3) is 5.27. The van der Waals surface area contributed by atoms with Crippen molar-refractivity contribution < 1.29 is 13.3 Å². The third-order valence-corrected chi connectivity index (χ3v) is 17.6. The minimum absolute atomic E-state index is 0.506. The average Bonchev–Trinajstić information content (AvgIpc) is 3.13. The van der Waals surface area contributed by atoms with Gasteiger partial charge in [-0.05, 0) is 66.9 Å². The molecular formula is C22H45O3Si2. The standard InChI is InChI=1S/C22H45O3Si2/c1-22(2,3)26(7,8)21-11-9-10-20(21)19-14-12-18(13-15-19)16-17-27(23-4,24-5)25-6/h18,20-21H,9-17H2,1-8H3. The van der Waals surface area contributed by atoms with Crippen LogP contribution in [0.5, 0.6) is 0 Å². The Bertz CT molecular complexity index is 441. The van der Waals surface area contributed by atoms with Crippen LogP contribution in [-0.2, 0) is 13.3 Å². The molecule has 0 heterocycles. The van der Waals surface area contributed by atoms with Gasteiger partial charge in [-0.15, -0.1) is 0 Å². The van der Waals surface area contributed by atoms with Crippen molar-refractivity contribution in [3.05, 3.63) is 5.92 Å². The molecule has 0 aromatic heterocycles. The van der Waals surface area contributed by atoms with Crippen LogP contribution < -0.4 is 0 Å². The number of hydrogen-bond acceptors (Lipinski definition) is 3. The normalized spacial score (nSPS) is 26.7. The van der Waals surface area contributed by atoms with E-state index in [0.29, 0.717) is 5.04 Å². The Balaban J connectivity index is 1.90. The maximum Gasteiger partial charge on any atom is 0.500 e. The third-order valence-electron chi connectivity index (χ3n) is 8.44. The van der Waals surface area contributed by atoms with Crippen LogP contribution >= 0.6 is 0 Å². The van der Waals surface area contributed by atoms with Gasteiger partial charge in [-0.2, -0.15) is 0 Å². The van der Waals surface area contributed by atoms with Crippen molar-refractivity contribution in [2.24, 2.45) is 11.8 Å². The van der Waals surface area contributed by atoms with Crippen molar-refractivity contribution >= 4 is 16.9 Å². The van der Waals surface area contributed by atoms with Crippen LogP contribution in [0, 0.1) is 17.8 Å². The van der Waals surface area contributed by atoms with Gasteiger partial charge in [0.2, 0.25) is 0 Å². The fraction of sp³-hybridized carbons (Fsp3) is 0.955. The number of rotatable bonds is 8. The summed E-state index contributed by atoms with van der Waals surface area (Å²) in [7, 11) is 1.53. The molecule has 0 bridgehead atoms. The van der Waals surface area contributed by atoms with E-state index in [1.165, 1.54) is 51.4 Å². The Hall–Kier alpha value is 0.314. The highest BCUT2D eigenvalue weighted by Gasteiger charge is 2.49. The molecule has 0 N–H and O–H groups in total. The first-order chi connectivity index (χ1) is 12.6. The summed E-state index contributed by atoms with van der Waals surface area (Å²) in [5.41, 5.74) is 1.000. The van der Waals surface area contributed by atoms with Gasteiger partial charge in [0, 0.05) is 27.4 Å². The van der Waals surface area contributed by atoms with Gasteiger partial charge in [-0.25, -0.2) is 0 Å². The smallest absolute Gasteiger partial charge is 0.377 e. The monoisotopic (exact) mass is 413 g/mol. The first-order valence-corrected chi connectivity index (χ1v) is 16.1. The molecule has 2 aliphatic carbocycles. The molecule has 2 rings (SSSR count). The molecule has 2 unspecified atom stereocenters. The van der Waals surface area contributed by atoms with Gasteiger partial charge in [-0.1, -0.05) is 46.7 Å². The van der Waals surface area contributed by atoms with Crippen LogP contribution in [0.25, 0.3) is 0 Å². The molecular weight excluding hydrogens is 368 g/mol. The van der Waals surface area contributed by atoms with Crippen LogP contribution in [0.2, 0.25) is 29.7 Å². The lowest BCUT2D eigenvalue weighted by atomic mass is 9.74. The summed E-state index contributed by atoms with van der Waals surface area (Å²) in [4.78, 5) is 0. The fourth-order valence-corrected chi connectivity index (χ4v) is 10.8. The van der Waals surface area contributed by atoms with Gasteiger partial charge in [0.15, 0.2) is 0 Å². The van der Waals surface area contributed by atoms with Crippen molar-refractivity contribution in [3.63, 3.8) is 0 Å². The van der Waals surface area contributed by atoms with Gasteiger partial charge in [0.25, 0.3) is 0 Å². The summed E-state index contributed by atoms with van der Waals surface area (Å²) in [6, 6.07) is 0.951. The molecule has 3 nitrogen and oxygen atoms in total. The second-order valence-electron chi connectivity index (χ2n) is 10.6. The molecule has 0 aliphatic heterocycles. The van der Waals surface area contributed by atoms with E-state index >= 15 is 0 Å². The molecule has 0 aromatic rings. The zero-order chi connectivity index (χ0) is 20.3. The minimum atomic E-state index is -2.40. The molecule has 2 atom stereocenters. The largest absolute Gasteiger partial charge is 0.500 e. The SMILES string of the molecule is CO[Si](CCC1CC[C](C2CCCC2[Si](C)(C)C(C)(C)C)CC1)(OC)OC. The first kappa shape index (κ1) is 23.6. The van der Waals surface area contributed by atoms with Gasteiger partial charge in [-0.3, -0.25) is 0 Å². The van der Waals surface area contributed by atoms with E-state index in [1.54, 1.807) is 21.3 Å². The van der Waals surface area contributed by atoms with Crippen molar-refractivity contribution in [1.29, 1.82) is 0 Å². The molecule has 27 heavy (non-hydrogen) atoms. The Kier molecular flexibility index (Phi) is 8.23. The van der Waals surface area contributed by atoms with E-state index < -0.39 is 16.9 Å². The van der Waals surface area contributed by atoms with Crippen molar-refractivity contribution in [2.45, 2.75) is 102 Å². The highest BCUT2D eigenvalue weighted by Crippen LogP contribution is 2.57. The molecule has 0 amide bonds. The summed E-state index contributed by atoms with van der Waals surface area (Å²) in [5, 5.41) is 0.506. The quantitative estimate of drug-likeness (QED) is 0.414. The van der Waals surface area contributed by atoms with Crippen LogP contribution in [0.15, 0.2) is 0 Å². The zero-order valence-electron chi connectivity index (χ0n) is 19.3. The van der Waals surface area contributed by atoms with Crippen molar-refractivity contribution in [3.8, 4) is 0 Å². The molecule has 2 saturated carbocycles. The van der Waals surface area contributed by atoms with E-state index in [-0.39, 0.29) is 0 Å². The highest BCUT2D eigenvalue weighted by molar-refractivity contribution is 6.81. The summed E-state index contributed by atoms with van der Waals surface area (Å²) < 4.78 is 16.8. The van der Waals surface area contributed by atoms with E-state index in [9.17, 15) is 0 Å². The first-order valence-electron chi connectivity index (χ1n) is 11.1. The van der Waals surface area contributed by atoms with Crippen LogP contribution in [0.1, 0.15) is 72.1 Å². The zero-order valence-corrected chi connectivity index (χ0v) is 21.3. The summed E-state index contributed by atoms with van der Waals surface area (Å²) >= 11 is 0. The lowest BCUT2D eigenvalue weighted by Gasteiger charge is -2.47. The summed E-state index contributed by atoms with van der Waals surface area (Å²) in [6.07, 6.45) is 11.0. The average molecular weight is 414 g/mol. The van der Waals surface area contributed by atoms with Gasteiger partial charge < -0.3 is 13.3 Å². The van der Waals surface area contributed by atoms with E-state index in [1.807, 2.05) is 5.92 Å². The van der Waals surface area contributed by atoms with E-state index in [2.05, 4.69) is 33.9 Å². The maximum absolute atomic E-state index is 5.61. The predicted molar refractivity (Wildman–Crippen MR) is 120 cm³/mol. The van der Waals surface area contributed by atoms with Gasteiger partial charge in [0.05, 0.1) is 8.07 Å². The topological polar surface area (TPSA) is 27.7 Å². The lowest BCUT2D eigenvalue weighted by Crippen LogP contribution is -2.45.